The normalized spacial score (nSPS) is 15.4. The summed E-state index contributed by atoms with van der Waals surface area (Å²) < 4.78 is 5.40. The first-order valence-electron chi connectivity index (χ1n) is 9.83. The van der Waals surface area contributed by atoms with Crippen LogP contribution < -0.4 is 5.32 Å². The van der Waals surface area contributed by atoms with Gasteiger partial charge in [-0.3, -0.25) is 4.79 Å². The predicted octanol–water partition coefficient (Wildman–Crippen LogP) is 3.67. The van der Waals surface area contributed by atoms with E-state index in [0.29, 0.717) is 36.8 Å². The second-order valence-corrected chi connectivity index (χ2v) is 9.09. The molecule has 1 aliphatic rings. The number of rotatable bonds is 3. The van der Waals surface area contributed by atoms with E-state index in [1.807, 2.05) is 38.4 Å². The van der Waals surface area contributed by atoms with Gasteiger partial charge in [-0.15, -0.1) is 11.3 Å². The number of anilines is 1. The highest BCUT2D eigenvalue weighted by atomic mass is 32.1. The minimum Gasteiger partial charge on any atom is -0.444 e. The number of amides is 2. The minimum absolute atomic E-state index is 0.0748. The van der Waals surface area contributed by atoms with Crippen LogP contribution in [0.2, 0.25) is 0 Å². The van der Waals surface area contributed by atoms with Gasteiger partial charge in [0.15, 0.2) is 5.13 Å². The summed E-state index contributed by atoms with van der Waals surface area (Å²) in [7, 11) is 0. The molecule has 4 rings (SSSR count). The number of carbonyl (C=O) groups is 2. The van der Waals surface area contributed by atoms with E-state index in [1.165, 1.54) is 17.7 Å². The van der Waals surface area contributed by atoms with Gasteiger partial charge in [0, 0.05) is 36.0 Å². The first-order chi connectivity index (χ1) is 14.3. The molecule has 0 aliphatic carbocycles. The SMILES string of the molecule is CC(C)(C)OC(=O)N1CCC(C(=O)Nc2nc(-c3ncnc4[nH]ccc34)cs2)CC1. The topological polar surface area (TPSA) is 113 Å². The van der Waals surface area contributed by atoms with Crippen molar-refractivity contribution < 1.29 is 14.3 Å². The summed E-state index contributed by atoms with van der Waals surface area (Å²) in [6.07, 6.45) is 4.16. The van der Waals surface area contributed by atoms with Gasteiger partial charge in [0.05, 0.1) is 0 Å². The quantitative estimate of drug-likeness (QED) is 0.658. The van der Waals surface area contributed by atoms with Crippen LogP contribution in [0.4, 0.5) is 9.93 Å². The molecular weight excluding hydrogens is 404 g/mol. The number of aromatic amines is 1. The number of ether oxygens (including phenoxy) is 1. The van der Waals surface area contributed by atoms with Crippen LogP contribution in [-0.2, 0) is 9.53 Å². The van der Waals surface area contributed by atoms with Gasteiger partial charge in [-0.25, -0.2) is 19.7 Å². The molecule has 2 N–H and O–H groups in total. The Morgan fingerprint density at radius 3 is 2.77 bits per heavy atom. The summed E-state index contributed by atoms with van der Waals surface area (Å²) in [5.41, 5.74) is 1.64. The van der Waals surface area contributed by atoms with Crippen molar-refractivity contribution >= 4 is 39.5 Å². The zero-order valence-corrected chi connectivity index (χ0v) is 18.0. The van der Waals surface area contributed by atoms with Gasteiger partial charge in [0.1, 0.15) is 29.0 Å². The highest BCUT2D eigenvalue weighted by Gasteiger charge is 2.30. The highest BCUT2D eigenvalue weighted by molar-refractivity contribution is 7.14. The lowest BCUT2D eigenvalue weighted by Gasteiger charge is -2.32. The highest BCUT2D eigenvalue weighted by Crippen LogP contribution is 2.29. The molecule has 0 bridgehead atoms. The molecule has 0 saturated carbocycles. The lowest BCUT2D eigenvalue weighted by Crippen LogP contribution is -2.43. The first-order valence-corrected chi connectivity index (χ1v) is 10.7. The lowest BCUT2D eigenvalue weighted by atomic mass is 9.96. The van der Waals surface area contributed by atoms with Crippen molar-refractivity contribution in [3.05, 3.63) is 24.0 Å². The minimum atomic E-state index is -0.524. The number of thiazole rings is 1. The molecule has 1 aliphatic heterocycles. The third-order valence-corrected chi connectivity index (χ3v) is 5.61. The van der Waals surface area contributed by atoms with Gasteiger partial charge < -0.3 is 19.9 Å². The van der Waals surface area contributed by atoms with E-state index in [1.54, 1.807) is 4.90 Å². The molecule has 3 aromatic rings. The van der Waals surface area contributed by atoms with Crippen LogP contribution in [0.5, 0.6) is 0 Å². The maximum Gasteiger partial charge on any atom is 0.410 e. The maximum atomic E-state index is 12.7. The lowest BCUT2D eigenvalue weighted by molar-refractivity contribution is -0.121. The fourth-order valence-corrected chi connectivity index (χ4v) is 4.07. The number of nitrogens with one attached hydrogen (secondary N) is 2. The standard InChI is InChI=1S/C20H24N6O3S/c1-20(2,3)29-19(28)26-8-5-12(6-9-26)17(27)25-18-24-14(10-30-18)15-13-4-7-21-16(13)23-11-22-15/h4,7,10-12H,5-6,8-9H2,1-3H3,(H,21,22,23)(H,24,25,27). The number of fused-ring (bicyclic) bond motifs is 1. The second-order valence-electron chi connectivity index (χ2n) is 8.23. The van der Waals surface area contributed by atoms with E-state index in [4.69, 9.17) is 4.74 Å². The molecule has 2 amide bonds. The molecule has 30 heavy (non-hydrogen) atoms. The van der Waals surface area contributed by atoms with Gasteiger partial charge in [-0.2, -0.15) is 0 Å². The van der Waals surface area contributed by atoms with Crippen LogP contribution in [0, 0.1) is 5.92 Å². The van der Waals surface area contributed by atoms with Crippen LogP contribution >= 0.6 is 11.3 Å². The molecule has 1 saturated heterocycles. The van der Waals surface area contributed by atoms with Crippen LogP contribution in [0.15, 0.2) is 24.0 Å². The van der Waals surface area contributed by atoms with Crippen LogP contribution in [0.3, 0.4) is 0 Å². The molecular formula is C20H24N6O3S. The number of H-pyrrole nitrogens is 1. The summed E-state index contributed by atoms with van der Waals surface area (Å²) in [6.45, 7) is 6.53. The number of hydrogen-bond acceptors (Lipinski definition) is 7. The Morgan fingerprint density at radius 2 is 2.03 bits per heavy atom. The van der Waals surface area contributed by atoms with E-state index in [-0.39, 0.29) is 17.9 Å². The van der Waals surface area contributed by atoms with Gasteiger partial charge >= 0.3 is 6.09 Å². The second kappa shape index (κ2) is 8.02. The van der Waals surface area contributed by atoms with E-state index < -0.39 is 5.60 Å². The summed E-state index contributed by atoms with van der Waals surface area (Å²) in [4.78, 5) is 42.6. The van der Waals surface area contributed by atoms with Crippen molar-refractivity contribution in [1.82, 2.24) is 24.8 Å². The summed E-state index contributed by atoms with van der Waals surface area (Å²) in [5.74, 6) is -0.235. The number of aromatic nitrogens is 4. The van der Waals surface area contributed by atoms with Crippen LogP contribution in [0.25, 0.3) is 22.4 Å². The number of carbonyl (C=O) groups excluding carboxylic acids is 2. The molecule has 9 nitrogen and oxygen atoms in total. The molecule has 3 aromatic heterocycles. The van der Waals surface area contributed by atoms with Crippen molar-refractivity contribution in [2.45, 2.75) is 39.2 Å². The summed E-state index contributed by atoms with van der Waals surface area (Å²) in [5, 5.41) is 6.20. The van der Waals surface area contributed by atoms with Crippen molar-refractivity contribution in [1.29, 1.82) is 0 Å². The molecule has 10 heteroatoms. The number of likely N-dealkylation sites (tertiary alicyclic amines) is 1. The molecule has 158 valence electrons. The average molecular weight is 429 g/mol. The Hall–Kier alpha value is -3.01. The zero-order valence-electron chi connectivity index (χ0n) is 17.1. The van der Waals surface area contributed by atoms with E-state index in [9.17, 15) is 9.59 Å². The molecule has 0 atom stereocenters. The van der Waals surface area contributed by atoms with Crippen molar-refractivity contribution in [3.63, 3.8) is 0 Å². The molecule has 1 fully saturated rings. The average Bonchev–Trinajstić information content (AvgIpc) is 3.36. The number of nitrogens with zero attached hydrogens (tertiary/aromatic N) is 4. The Kier molecular flexibility index (Phi) is 5.42. The Labute approximate surface area is 177 Å². The van der Waals surface area contributed by atoms with Crippen molar-refractivity contribution in [3.8, 4) is 11.4 Å². The van der Waals surface area contributed by atoms with E-state index >= 15 is 0 Å². The molecule has 0 spiro atoms. The van der Waals surface area contributed by atoms with Gasteiger partial charge in [-0.1, -0.05) is 0 Å². The molecule has 0 aromatic carbocycles. The summed E-state index contributed by atoms with van der Waals surface area (Å²) in [6, 6.07) is 1.90. The Bertz CT molecular complexity index is 1060. The largest absolute Gasteiger partial charge is 0.444 e. The smallest absolute Gasteiger partial charge is 0.410 e. The Balaban J connectivity index is 1.36. The first kappa shape index (κ1) is 20.3. The third-order valence-electron chi connectivity index (χ3n) is 4.85. The van der Waals surface area contributed by atoms with Gasteiger partial charge in [0.2, 0.25) is 5.91 Å². The molecule has 0 unspecified atom stereocenters. The fraction of sp³-hybridized carbons (Fsp3) is 0.450. The molecule has 4 heterocycles. The zero-order chi connectivity index (χ0) is 21.3. The van der Waals surface area contributed by atoms with Crippen LogP contribution in [-0.4, -0.2) is 55.5 Å². The van der Waals surface area contributed by atoms with Crippen molar-refractivity contribution in [2.24, 2.45) is 5.92 Å². The number of piperidine rings is 1. The summed E-state index contributed by atoms with van der Waals surface area (Å²) >= 11 is 1.36. The third kappa shape index (κ3) is 4.43. The van der Waals surface area contributed by atoms with E-state index in [2.05, 4.69) is 25.3 Å². The Morgan fingerprint density at radius 1 is 1.27 bits per heavy atom. The maximum absolute atomic E-state index is 12.7. The van der Waals surface area contributed by atoms with Crippen molar-refractivity contribution in [2.75, 3.05) is 18.4 Å². The van der Waals surface area contributed by atoms with E-state index in [0.717, 1.165) is 16.7 Å². The van der Waals surface area contributed by atoms with Gasteiger partial charge in [0.25, 0.3) is 0 Å². The van der Waals surface area contributed by atoms with Gasteiger partial charge in [-0.05, 0) is 39.7 Å². The monoisotopic (exact) mass is 428 g/mol. The number of hydrogen-bond donors (Lipinski definition) is 2. The fourth-order valence-electron chi connectivity index (χ4n) is 3.37. The van der Waals surface area contributed by atoms with Crippen LogP contribution in [0.1, 0.15) is 33.6 Å². The molecule has 0 radical (unpaired) electrons. The predicted molar refractivity (Wildman–Crippen MR) is 114 cm³/mol.